The summed E-state index contributed by atoms with van der Waals surface area (Å²) in [5.74, 6) is -1.17. The van der Waals surface area contributed by atoms with Crippen molar-refractivity contribution < 1.29 is 18.7 Å². The molecule has 28 heavy (non-hydrogen) atoms. The zero-order chi connectivity index (χ0) is 20.7. The van der Waals surface area contributed by atoms with Crippen molar-refractivity contribution in [1.82, 2.24) is 15.6 Å². The lowest BCUT2D eigenvalue weighted by Crippen LogP contribution is -2.31. The molecular formula is C20H21ClFN3O3. The number of pyridine rings is 1. The molecule has 148 valence electrons. The molecule has 1 heterocycles. The summed E-state index contributed by atoms with van der Waals surface area (Å²) in [6.07, 6.45) is 0.345. The summed E-state index contributed by atoms with van der Waals surface area (Å²) in [5.41, 5.74) is 2.48. The number of nitrogens with zero attached hydrogens (tertiary/aromatic N) is 1. The molecule has 2 aromatic rings. The standard InChI is InChI=1S/C20H21ClFN3O3/c1-12-8-14(3)24-18(9-12)20(27)23-7-6-13(2)25-19(26)11-28-15-4-5-16(21)17(22)10-15/h4-5,8-10H,2,6-7,11H2,1,3H3,(H,23,27)(H,25,26). The summed E-state index contributed by atoms with van der Waals surface area (Å²) < 4.78 is 18.5. The van der Waals surface area contributed by atoms with Crippen LogP contribution >= 0.6 is 11.6 Å². The van der Waals surface area contributed by atoms with Crippen LogP contribution in [0, 0.1) is 19.7 Å². The number of aryl methyl sites for hydroxylation is 2. The first-order chi connectivity index (χ1) is 13.2. The molecule has 0 saturated heterocycles. The minimum atomic E-state index is -0.627. The maximum atomic E-state index is 13.3. The summed E-state index contributed by atoms with van der Waals surface area (Å²) in [5, 5.41) is 5.27. The number of rotatable bonds is 8. The second kappa shape index (κ2) is 9.85. The van der Waals surface area contributed by atoms with Gasteiger partial charge in [0.2, 0.25) is 0 Å². The summed E-state index contributed by atoms with van der Waals surface area (Å²) in [4.78, 5) is 28.2. The Kier molecular flexibility index (Phi) is 7.52. The molecule has 2 rings (SSSR count). The molecule has 1 aromatic carbocycles. The van der Waals surface area contributed by atoms with Gasteiger partial charge in [-0.25, -0.2) is 9.37 Å². The fraction of sp³-hybridized carbons (Fsp3) is 0.250. The van der Waals surface area contributed by atoms with Crippen LogP contribution in [0.25, 0.3) is 0 Å². The van der Waals surface area contributed by atoms with E-state index in [0.29, 0.717) is 17.8 Å². The quantitative estimate of drug-likeness (QED) is 0.706. The number of aromatic nitrogens is 1. The van der Waals surface area contributed by atoms with Crippen molar-refractivity contribution in [2.24, 2.45) is 0 Å². The van der Waals surface area contributed by atoms with Crippen molar-refractivity contribution >= 4 is 23.4 Å². The minimum absolute atomic E-state index is 0.0248. The van der Waals surface area contributed by atoms with Crippen LogP contribution in [0.5, 0.6) is 5.75 Å². The van der Waals surface area contributed by atoms with E-state index in [4.69, 9.17) is 16.3 Å². The molecule has 0 aliphatic carbocycles. The van der Waals surface area contributed by atoms with Crippen LogP contribution in [-0.2, 0) is 4.79 Å². The molecule has 0 aliphatic rings. The Labute approximate surface area is 167 Å². The molecule has 0 saturated carbocycles. The van der Waals surface area contributed by atoms with Gasteiger partial charge in [-0.1, -0.05) is 18.2 Å². The van der Waals surface area contributed by atoms with E-state index in [9.17, 15) is 14.0 Å². The molecule has 1 aromatic heterocycles. The van der Waals surface area contributed by atoms with Crippen LogP contribution in [0.15, 0.2) is 42.6 Å². The van der Waals surface area contributed by atoms with Gasteiger partial charge in [-0.2, -0.15) is 0 Å². The van der Waals surface area contributed by atoms with E-state index in [2.05, 4.69) is 22.2 Å². The average Bonchev–Trinajstić information content (AvgIpc) is 2.61. The first kappa shape index (κ1) is 21.4. The highest BCUT2D eigenvalue weighted by Gasteiger charge is 2.10. The van der Waals surface area contributed by atoms with Gasteiger partial charge in [-0.05, 0) is 43.7 Å². The number of nitrogens with one attached hydrogen (secondary N) is 2. The van der Waals surface area contributed by atoms with Crippen LogP contribution in [0.3, 0.4) is 0 Å². The average molecular weight is 406 g/mol. The molecule has 0 unspecified atom stereocenters. The van der Waals surface area contributed by atoms with E-state index in [1.807, 2.05) is 19.9 Å². The Hall–Kier alpha value is -2.93. The van der Waals surface area contributed by atoms with Crippen molar-refractivity contribution in [3.8, 4) is 5.75 Å². The minimum Gasteiger partial charge on any atom is -0.484 e. The molecule has 0 atom stereocenters. The number of amides is 2. The van der Waals surface area contributed by atoms with Crippen molar-refractivity contribution in [2.75, 3.05) is 13.2 Å². The molecule has 0 bridgehead atoms. The van der Waals surface area contributed by atoms with E-state index in [-0.39, 0.29) is 29.8 Å². The predicted molar refractivity (Wildman–Crippen MR) is 105 cm³/mol. The topological polar surface area (TPSA) is 80.3 Å². The van der Waals surface area contributed by atoms with E-state index < -0.39 is 11.7 Å². The number of hydrogen-bond donors (Lipinski definition) is 2. The number of benzene rings is 1. The smallest absolute Gasteiger partial charge is 0.269 e. The van der Waals surface area contributed by atoms with E-state index >= 15 is 0 Å². The Morgan fingerprint density at radius 2 is 2.00 bits per heavy atom. The van der Waals surface area contributed by atoms with Crippen LogP contribution in [0.1, 0.15) is 28.2 Å². The van der Waals surface area contributed by atoms with E-state index in [1.54, 1.807) is 6.07 Å². The van der Waals surface area contributed by atoms with Crippen LogP contribution in [-0.4, -0.2) is 29.9 Å². The Bertz CT molecular complexity index is 882. The van der Waals surface area contributed by atoms with E-state index in [0.717, 1.165) is 17.3 Å². The third-order valence-corrected chi connectivity index (χ3v) is 3.93. The molecule has 0 aliphatic heterocycles. The van der Waals surface area contributed by atoms with Gasteiger partial charge in [0.15, 0.2) is 6.61 Å². The largest absolute Gasteiger partial charge is 0.484 e. The number of carbonyl (C=O) groups is 2. The van der Waals surface area contributed by atoms with Gasteiger partial charge < -0.3 is 15.4 Å². The van der Waals surface area contributed by atoms with Crippen molar-refractivity contribution in [3.05, 3.63) is 70.4 Å². The highest BCUT2D eigenvalue weighted by Crippen LogP contribution is 2.20. The lowest BCUT2D eigenvalue weighted by Gasteiger charge is -2.11. The van der Waals surface area contributed by atoms with Gasteiger partial charge in [0.05, 0.1) is 5.02 Å². The van der Waals surface area contributed by atoms with Crippen LogP contribution < -0.4 is 15.4 Å². The van der Waals surface area contributed by atoms with Gasteiger partial charge >= 0.3 is 0 Å². The van der Waals surface area contributed by atoms with Gasteiger partial charge in [-0.15, -0.1) is 0 Å². The lowest BCUT2D eigenvalue weighted by molar-refractivity contribution is -0.122. The Morgan fingerprint density at radius 3 is 2.68 bits per heavy atom. The maximum absolute atomic E-state index is 13.3. The SMILES string of the molecule is C=C(CCNC(=O)c1cc(C)cc(C)n1)NC(=O)COc1ccc(Cl)c(F)c1. The molecule has 8 heteroatoms. The van der Waals surface area contributed by atoms with E-state index in [1.165, 1.54) is 12.1 Å². The monoisotopic (exact) mass is 405 g/mol. The van der Waals surface area contributed by atoms with Crippen molar-refractivity contribution in [2.45, 2.75) is 20.3 Å². The van der Waals surface area contributed by atoms with Gasteiger partial charge in [0, 0.05) is 30.4 Å². The van der Waals surface area contributed by atoms with Gasteiger partial charge in [0.1, 0.15) is 17.3 Å². The first-order valence-corrected chi connectivity index (χ1v) is 8.91. The highest BCUT2D eigenvalue weighted by molar-refractivity contribution is 6.30. The molecule has 0 radical (unpaired) electrons. The second-order valence-electron chi connectivity index (χ2n) is 6.19. The van der Waals surface area contributed by atoms with Crippen molar-refractivity contribution in [3.63, 3.8) is 0 Å². The molecular weight excluding hydrogens is 385 g/mol. The zero-order valence-electron chi connectivity index (χ0n) is 15.6. The normalized spacial score (nSPS) is 10.3. The number of halogens is 2. The predicted octanol–water partition coefficient (Wildman–Crippen LogP) is 3.32. The fourth-order valence-electron chi connectivity index (χ4n) is 2.39. The Morgan fingerprint density at radius 1 is 1.25 bits per heavy atom. The number of carbonyl (C=O) groups excluding carboxylic acids is 2. The maximum Gasteiger partial charge on any atom is 0.269 e. The third-order valence-electron chi connectivity index (χ3n) is 3.62. The second-order valence-corrected chi connectivity index (χ2v) is 6.60. The molecule has 6 nitrogen and oxygen atoms in total. The molecule has 2 amide bonds. The summed E-state index contributed by atoms with van der Waals surface area (Å²) in [6.45, 7) is 7.44. The zero-order valence-corrected chi connectivity index (χ0v) is 16.4. The summed E-state index contributed by atoms with van der Waals surface area (Å²) >= 11 is 5.58. The van der Waals surface area contributed by atoms with Gasteiger partial charge in [0.25, 0.3) is 11.8 Å². The van der Waals surface area contributed by atoms with Crippen molar-refractivity contribution in [1.29, 1.82) is 0 Å². The highest BCUT2D eigenvalue weighted by atomic mass is 35.5. The number of ether oxygens (including phenoxy) is 1. The third kappa shape index (κ3) is 6.66. The molecule has 0 fully saturated rings. The Balaban J connectivity index is 1.72. The lowest BCUT2D eigenvalue weighted by atomic mass is 10.2. The first-order valence-electron chi connectivity index (χ1n) is 8.53. The van der Waals surface area contributed by atoms with Crippen LogP contribution in [0.4, 0.5) is 4.39 Å². The summed E-state index contributed by atoms with van der Waals surface area (Å²) in [6, 6.07) is 7.49. The summed E-state index contributed by atoms with van der Waals surface area (Å²) in [7, 11) is 0. The van der Waals surface area contributed by atoms with Gasteiger partial charge in [-0.3, -0.25) is 9.59 Å². The number of hydrogen-bond acceptors (Lipinski definition) is 4. The fourth-order valence-corrected chi connectivity index (χ4v) is 2.50. The molecule has 0 spiro atoms. The van der Waals surface area contributed by atoms with Crippen LogP contribution in [0.2, 0.25) is 5.02 Å². The molecule has 2 N–H and O–H groups in total.